The molecule has 120 valence electrons. The Balaban J connectivity index is 1.65. The van der Waals surface area contributed by atoms with E-state index in [1.165, 1.54) is 18.4 Å². The van der Waals surface area contributed by atoms with E-state index in [-0.39, 0.29) is 5.91 Å². The van der Waals surface area contributed by atoms with E-state index in [0.717, 1.165) is 38.2 Å². The third kappa shape index (κ3) is 4.31. The van der Waals surface area contributed by atoms with Crippen molar-refractivity contribution in [3.63, 3.8) is 0 Å². The molecule has 0 bridgehead atoms. The zero-order valence-corrected chi connectivity index (χ0v) is 13.4. The SMILES string of the molecule is O=C(c1cc(NCc2ccccc2)ccn1)N1CCCCCC1. The molecule has 2 aromatic rings. The first kappa shape index (κ1) is 15.5. The number of rotatable bonds is 4. The largest absolute Gasteiger partial charge is 0.381 e. The Morgan fingerprint density at radius 1 is 1.04 bits per heavy atom. The van der Waals surface area contributed by atoms with Crippen LogP contribution in [0.2, 0.25) is 0 Å². The Morgan fingerprint density at radius 2 is 1.78 bits per heavy atom. The fraction of sp³-hybridized carbons (Fsp3) is 0.368. The zero-order chi connectivity index (χ0) is 15.9. The van der Waals surface area contributed by atoms with Gasteiger partial charge in [0, 0.05) is 31.5 Å². The molecule has 0 saturated carbocycles. The third-order valence-corrected chi connectivity index (χ3v) is 4.21. The van der Waals surface area contributed by atoms with Crippen LogP contribution >= 0.6 is 0 Å². The summed E-state index contributed by atoms with van der Waals surface area (Å²) in [7, 11) is 0. The smallest absolute Gasteiger partial charge is 0.272 e. The van der Waals surface area contributed by atoms with Gasteiger partial charge in [-0.05, 0) is 30.5 Å². The quantitative estimate of drug-likeness (QED) is 0.936. The van der Waals surface area contributed by atoms with Crippen molar-refractivity contribution in [2.24, 2.45) is 0 Å². The van der Waals surface area contributed by atoms with E-state index >= 15 is 0 Å². The maximum atomic E-state index is 12.6. The summed E-state index contributed by atoms with van der Waals surface area (Å²) in [5.74, 6) is 0.0512. The standard InChI is InChI=1S/C19H23N3O/c23-19(22-12-6-1-2-7-13-22)18-14-17(10-11-20-18)21-15-16-8-4-3-5-9-16/h3-5,8-11,14H,1-2,6-7,12-13,15H2,(H,20,21). The minimum absolute atomic E-state index is 0.0512. The number of carbonyl (C=O) groups is 1. The van der Waals surface area contributed by atoms with Crippen molar-refractivity contribution in [2.45, 2.75) is 32.2 Å². The topological polar surface area (TPSA) is 45.2 Å². The minimum atomic E-state index is 0.0512. The number of hydrogen-bond donors (Lipinski definition) is 1. The molecule has 1 aliphatic heterocycles. The molecule has 2 heterocycles. The average Bonchev–Trinajstić information content (AvgIpc) is 2.90. The number of likely N-dealkylation sites (tertiary alicyclic amines) is 1. The molecule has 1 amide bonds. The Kier molecular flexibility index (Phi) is 5.25. The summed E-state index contributed by atoms with van der Waals surface area (Å²) in [5.41, 5.74) is 2.68. The molecule has 0 unspecified atom stereocenters. The number of nitrogens with zero attached hydrogens (tertiary/aromatic N) is 2. The second kappa shape index (κ2) is 7.77. The molecule has 1 aliphatic rings. The second-order valence-corrected chi connectivity index (χ2v) is 5.98. The fourth-order valence-corrected chi connectivity index (χ4v) is 2.89. The summed E-state index contributed by atoms with van der Waals surface area (Å²) >= 11 is 0. The van der Waals surface area contributed by atoms with Crippen molar-refractivity contribution >= 4 is 11.6 Å². The Bertz CT molecular complexity index is 634. The molecule has 0 aliphatic carbocycles. The van der Waals surface area contributed by atoms with Gasteiger partial charge in [-0.25, -0.2) is 0 Å². The number of pyridine rings is 1. The molecule has 1 saturated heterocycles. The van der Waals surface area contributed by atoms with Crippen molar-refractivity contribution < 1.29 is 4.79 Å². The van der Waals surface area contributed by atoms with E-state index < -0.39 is 0 Å². The second-order valence-electron chi connectivity index (χ2n) is 5.98. The molecule has 0 radical (unpaired) electrons. The van der Waals surface area contributed by atoms with Gasteiger partial charge in [0.2, 0.25) is 0 Å². The van der Waals surface area contributed by atoms with Gasteiger partial charge in [-0.1, -0.05) is 43.2 Å². The van der Waals surface area contributed by atoms with E-state index in [4.69, 9.17) is 0 Å². The summed E-state index contributed by atoms with van der Waals surface area (Å²) in [4.78, 5) is 18.8. The number of hydrogen-bond acceptors (Lipinski definition) is 3. The Morgan fingerprint density at radius 3 is 2.52 bits per heavy atom. The molecule has 23 heavy (non-hydrogen) atoms. The lowest BCUT2D eigenvalue weighted by Gasteiger charge is -2.20. The summed E-state index contributed by atoms with van der Waals surface area (Å²) in [6.45, 7) is 2.44. The molecule has 4 heteroatoms. The predicted molar refractivity (Wildman–Crippen MR) is 92.4 cm³/mol. The monoisotopic (exact) mass is 309 g/mol. The molecule has 0 atom stereocenters. The van der Waals surface area contributed by atoms with Crippen LogP contribution in [0.15, 0.2) is 48.7 Å². The highest BCUT2D eigenvalue weighted by molar-refractivity contribution is 5.93. The van der Waals surface area contributed by atoms with Gasteiger partial charge in [0.25, 0.3) is 5.91 Å². The molecule has 1 fully saturated rings. The van der Waals surface area contributed by atoms with Crippen LogP contribution in [0, 0.1) is 0 Å². The van der Waals surface area contributed by atoms with Crippen molar-refractivity contribution in [1.29, 1.82) is 0 Å². The highest BCUT2D eigenvalue weighted by Crippen LogP contribution is 2.15. The molecule has 1 aromatic heterocycles. The number of amides is 1. The summed E-state index contributed by atoms with van der Waals surface area (Å²) in [6, 6.07) is 14.0. The van der Waals surface area contributed by atoms with E-state index in [0.29, 0.717) is 5.69 Å². The van der Waals surface area contributed by atoms with Gasteiger partial charge in [0.05, 0.1) is 0 Å². The van der Waals surface area contributed by atoms with Crippen molar-refractivity contribution in [2.75, 3.05) is 18.4 Å². The third-order valence-electron chi connectivity index (χ3n) is 4.21. The Labute approximate surface area is 137 Å². The van der Waals surface area contributed by atoms with Crippen molar-refractivity contribution in [3.05, 3.63) is 59.9 Å². The van der Waals surface area contributed by atoms with Gasteiger partial charge < -0.3 is 10.2 Å². The number of aromatic nitrogens is 1. The predicted octanol–water partition coefficient (Wildman–Crippen LogP) is 3.71. The molecule has 3 rings (SSSR count). The summed E-state index contributed by atoms with van der Waals surface area (Å²) < 4.78 is 0. The van der Waals surface area contributed by atoms with E-state index in [1.807, 2.05) is 35.2 Å². The lowest BCUT2D eigenvalue weighted by Crippen LogP contribution is -2.32. The first-order valence-corrected chi connectivity index (χ1v) is 8.36. The van der Waals surface area contributed by atoms with Crippen LogP contribution in [-0.2, 0) is 6.54 Å². The molecule has 4 nitrogen and oxygen atoms in total. The molecule has 1 N–H and O–H groups in total. The summed E-state index contributed by atoms with van der Waals surface area (Å²) in [5, 5.41) is 3.36. The van der Waals surface area contributed by atoms with Crippen LogP contribution in [-0.4, -0.2) is 28.9 Å². The number of anilines is 1. The van der Waals surface area contributed by atoms with Crippen LogP contribution < -0.4 is 5.32 Å². The zero-order valence-electron chi connectivity index (χ0n) is 13.4. The van der Waals surface area contributed by atoms with Gasteiger partial charge >= 0.3 is 0 Å². The highest BCUT2D eigenvalue weighted by atomic mass is 16.2. The van der Waals surface area contributed by atoms with Crippen molar-refractivity contribution in [1.82, 2.24) is 9.88 Å². The molecular formula is C19H23N3O. The molecular weight excluding hydrogens is 286 g/mol. The molecule has 1 aromatic carbocycles. The maximum Gasteiger partial charge on any atom is 0.272 e. The number of benzene rings is 1. The normalized spacial score (nSPS) is 15.0. The minimum Gasteiger partial charge on any atom is -0.381 e. The van der Waals surface area contributed by atoms with Gasteiger partial charge in [-0.15, -0.1) is 0 Å². The van der Waals surface area contributed by atoms with Gasteiger partial charge in [0.15, 0.2) is 0 Å². The van der Waals surface area contributed by atoms with Gasteiger partial charge in [-0.3, -0.25) is 9.78 Å². The first-order chi connectivity index (χ1) is 11.3. The first-order valence-electron chi connectivity index (χ1n) is 8.36. The maximum absolute atomic E-state index is 12.6. The van der Waals surface area contributed by atoms with Crippen molar-refractivity contribution in [3.8, 4) is 0 Å². The van der Waals surface area contributed by atoms with Crippen LogP contribution in [0.1, 0.15) is 41.7 Å². The van der Waals surface area contributed by atoms with Gasteiger partial charge in [0.1, 0.15) is 5.69 Å². The lowest BCUT2D eigenvalue weighted by atomic mass is 10.2. The summed E-state index contributed by atoms with van der Waals surface area (Å²) in [6.07, 6.45) is 6.33. The van der Waals surface area contributed by atoms with Crippen LogP contribution in [0.3, 0.4) is 0 Å². The van der Waals surface area contributed by atoms with E-state index in [2.05, 4.69) is 22.4 Å². The lowest BCUT2D eigenvalue weighted by molar-refractivity contribution is 0.0756. The highest BCUT2D eigenvalue weighted by Gasteiger charge is 2.18. The Hall–Kier alpha value is -2.36. The average molecular weight is 309 g/mol. The van der Waals surface area contributed by atoms with Crippen LogP contribution in [0.4, 0.5) is 5.69 Å². The van der Waals surface area contributed by atoms with Crippen LogP contribution in [0.5, 0.6) is 0 Å². The van der Waals surface area contributed by atoms with E-state index in [9.17, 15) is 4.79 Å². The number of nitrogens with one attached hydrogen (secondary N) is 1. The fourth-order valence-electron chi connectivity index (χ4n) is 2.89. The van der Waals surface area contributed by atoms with E-state index in [1.54, 1.807) is 6.20 Å². The van der Waals surface area contributed by atoms with Gasteiger partial charge in [-0.2, -0.15) is 0 Å². The number of carbonyl (C=O) groups excluding carboxylic acids is 1. The van der Waals surface area contributed by atoms with Crippen LogP contribution in [0.25, 0.3) is 0 Å². The molecule has 0 spiro atoms.